The predicted molar refractivity (Wildman–Crippen MR) is 126 cm³/mol. The molecule has 2 heterocycles. The topological polar surface area (TPSA) is 192 Å². The lowest BCUT2D eigenvalue weighted by Crippen LogP contribution is -2.20. The number of rotatable bonds is 15. The number of aliphatic hydroxyl groups excluding tert-OH is 1. The first-order valence-electron chi connectivity index (χ1n) is 11.2. The van der Waals surface area contributed by atoms with E-state index in [9.17, 15) is 14.2 Å². The van der Waals surface area contributed by atoms with Gasteiger partial charge in [0.15, 0.2) is 11.5 Å². The Kier molecular flexibility index (Phi) is 11.9. The maximum Gasteiger partial charge on any atom is 0.510 e. The molecule has 0 bridgehead atoms. The zero-order valence-corrected chi connectivity index (χ0v) is 22.1. The fourth-order valence-electron chi connectivity index (χ4n) is 2.64. The van der Waals surface area contributed by atoms with Gasteiger partial charge in [0.25, 0.3) is 0 Å². The first-order chi connectivity index (χ1) is 17.5. The molecule has 0 saturated heterocycles. The van der Waals surface area contributed by atoms with Crippen LogP contribution in [0.2, 0.25) is 0 Å². The summed E-state index contributed by atoms with van der Waals surface area (Å²) in [5, 5.41) is 11.8. The third kappa shape index (κ3) is 10.5. The lowest BCUT2D eigenvalue weighted by molar-refractivity contribution is -0.0369. The maximum atomic E-state index is 13.2. The van der Waals surface area contributed by atoms with Crippen LogP contribution in [0, 0.1) is 0 Å². The number of hydrogen-bond acceptors (Lipinski definition) is 15. The SMILES string of the molecule is CC(C)OC(=O)OCOP(=O)(CO[C@@H](C)Cn1cnc2c(NCO)ncnc21)OCOC(=O)OC(C)C. The van der Waals surface area contributed by atoms with Gasteiger partial charge in [0.1, 0.15) is 24.9 Å². The van der Waals surface area contributed by atoms with Gasteiger partial charge in [0, 0.05) is 0 Å². The number of ether oxygens (including phenoxy) is 5. The summed E-state index contributed by atoms with van der Waals surface area (Å²) in [6.07, 6.45) is -1.22. The van der Waals surface area contributed by atoms with Gasteiger partial charge in [0.05, 0.1) is 31.2 Å². The smallest absolute Gasteiger partial charge is 0.432 e. The molecule has 17 heteroatoms. The number of aliphatic hydroxyl groups is 1. The molecule has 2 N–H and O–H groups in total. The highest BCUT2D eigenvalue weighted by molar-refractivity contribution is 7.53. The fourth-order valence-corrected chi connectivity index (χ4v) is 3.73. The van der Waals surface area contributed by atoms with Crippen LogP contribution in [0.4, 0.5) is 15.4 Å². The highest BCUT2D eigenvalue weighted by Gasteiger charge is 2.29. The molecule has 0 amide bonds. The molecule has 0 aromatic carbocycles. The van der Waals surface area contributed by atoms with Crippen molar-refractivity contribution in [1.29, 1.82) is 0 Å². The van der Waals surface area contributed by atoms with Gasteiger partial charge in [-0.3, -0.25) is 13.6 Å². The molecule has 0 aliphatic heterocycles. The molecule has 0 spiro atoms. The van der Waals surface area contributed by atoms with Gasteiger partial charge in [-0.25, -0.2) is 24.5 Å². The Balaban J connectivity index is 1.98. The number of hydrogen-bond donors (Lipinski definition) is 2. The average Bonchev–Trinajstić information content (AvgIpc) is 3.21. The Labute approximate surface area is 213 Å². The number of aromatic nitrogens is 4. The molecular weight excluding hydrogens is 517 g/mol. The number of carbonyl (C=O) groups is 2. The predicted octanol–water partition coefficient (Wildman–Crippen LogP) is 2.82. The van der Waals surface area contributed by atoms with E-state index >= 15 is 0 Å². The van der Waals surface area contributed by atoms with Crippen LogP contribution in [0.15, 0.2) is 12.7 Å². The number of nitrogens with zero attached hydrogens (tertiary/aromatic N) is 4. The van der Waals surface area contributed by atoms with Crippen LogP contribution >= 0.6 is 7.60 Å². The van der Waals surface area contributed by atoms with Crippen LogP contribution in [0.25, 0.3) is 11.2 Å². The average molecular weight is 549 g/mol. The number of nitrogens with one attached hydrogen (secondary N) is 1. The molecule has 0 unspecified atom stereocenters. The second-order valence-electron chi connectivity index (χ2n) is 7.96. The van der Waals surface area contributed by atoms with E-state index in [1.165, 1.54) is 12.7 Å². The summed E-state index contributed by atoms with van der Waals surface area (Å²) in [7, 11) is -4.09. The molecular formula is C20H32N5O11P. The molecule has 0 fully saturated rings. The summed E-state index contributed by atoms with van der Waals surface area (Å²) in [4.78, 5) is 35.6. The molecule has 37 heavy (non-hydrogen) atoms. The molecule has 2 aromatic heterocycles. The van der Waals surface area contributed by atoms with E-state index in [2.05, 4.69) is 20.3 Å². The second-order valence-corrected chi connectivity index (χ2v) is 9.96. The first-order valence-corrected chi connectivity index (χ1v) is 12.9. The lowest BCUT2D eigenvalue weighted by atomic mass is 10.4. The van der Waals surface area contributed by atoms with Crippen LogP contribution in [0.5, 0.6) is 0 Å². The van der Waals surface area contributed by atoms with Gasteiger partial charge in [-0.2, -0.15) is 0 Å². The molecule has 1 atom stereocenters. The minimum atomic E-state index is -4.09. The van der Waals surface area contributed by atoms with Crippen molar-refractivity contribution < 1.29 is 52.0 Å². The van der Waals surface area contributed by atoms with Crippen LogP contribution in [0.1, 0.15) is 34.6 Å². The Bertz CT molecular complexity index is 1030. The molecule has 0 aliphatic rings. The van der Waals surface area contributed by atoms with E-state index in [-0.39, 0.29) is 13.3 Å². The summed E-state index contributed by atoms with van der Waals surface area (Å²) in [5.74, 6) is 0.359. The van der Waals surface area contributed by atoms with Gasteiger partial charge in [0.2, 0.25) is 13.6 Å². The minimum absolute atomic E-state index is 0.237. The van der Waals surface area contributed by atoms with E-state index in [1.807, 2.05) is 0 Å². The summed E-state index contributed by atoms with van der Waals surface area (Å²) in [6.45, 7) is 6.57. The Hall–Kier alpha value is -3.04. The Morgan fingerprint density at radius 2 is 1.59 bits per heavy atom. The monoisotopic (exact) mass is 549 g/mol. The van der Waals surface area contributed by atoms with Gasteiger partial charge >= 0.3 is 19.9 Å². The standard InChI is InChI=1S/C20H32N5O11P/c1-13(2)35-19(27)30-10-33-37(29,34-11-31-20(28)36-14(3)4)12-32-15(5)6-25-8-23-16-17(24-9-26)21-7-22-18(16)25/h7-8,13-15,26H,6,9-12H2,1-5H3,(H,21,22,24)/t15-/m0/s1. The van der Waals surface area contributed by atoms with E-state index in [0.29, 0.717) is 17.0 Å². The molecule has 16 nitrogen and oxygen atoms in total. The van der Waals surface area contributed by atoms with Crippen LogP contribution in [-0.4, -0.2) is 81.9 Å². The quantitative estimate of drug-likeness (QED) is 0.187. The highest BCUT2D eigenvalue weighted by atomic mass is 31.2. The van der Waals surface area contributed by atoms with E-state index in [0.717, 1.165) is 0 Å². The van der Waals surface area contributed by atoms with Crippen LogP contribution in [-0.2, 0) is 43.8 Å². The molecule has 2 rings (SSSR count). The zero-order valence-electron chi connectivity index (χ0n) is 21.2. The zero-order chi connectivity index (χ0) is 27.4. The Morgan fingerprint density at radius 1 is 1.00 bits per heavy atom. The summed E-state index contributed by atoms with van der Waals surface area (Å²) in [6, 6.07) is 0. The number of anilines is 1. The fraction of sp³-hybridized carbons (Fsp3) is 0.650. The number of fused-ring (bicyclic) bond motifs is 1. The van der Waals surface area contributed by atoms with Crippen molar-refractivity contribution in [3.8, 4) is 0 Å². The van der Waals surface area contributed by atoms with Crippen molar-refractivity contribution in [3.05, 3.63) is 12.7 Å². The number of carbonyl (C=O) groups excluding carboxylic acids is 2. The van der Waals surface area contributed by atoms with Crippen molar-refractivity contribution in [2.75, 3.05) is 32.0 Å². The van der Waals surface area contributed by atoms with Crippen molar-refractivity contribution >= 4 is 36.9 Å². The van der Waals surface area contributed by atoms with E-state index < -0.39 is 58.2 Å². The highest BCUT2D eigenvalue weighted by Crippen LogP contribution is 2.48. The van der Waals surface area contributed by atoms with Crippen LogP contribution < -0.4 is 5.32 Å². The lowest BCUT2D eigenvalue weighted by Gasteiger charge is -2.21. The van der Waals surface area contributed by atoms with Crippen molar-refractivity contribution in [3.63, 3.8) is 0 Å². The van der Waals surface area contributed by atoms with Gasteiger partial charge < -0.3 is 38.7 Å². The normalized spacial score (nSPS) is 12.5. The summed E-state index contributed by atoms with van der Waals surface area (Å²) < 4.78 is 49.8. The van der Waals surface area contributed by atoms with Crippen molar-refractivity contribution in [2.45, 2.75) is 59.5 Å². The van der Waals surface area contributed by atoms with Crippen molar-refractivity contribution in [2.24, 2.45) is 0 Å². The number of imidazole rings is 1. The molecule has 0 aliphatic carbocycles. The second kappa shape index (κ2) is 14.6. The van der Waals surface area contributed by atoms with E-state index in [4.69, 9.17) is 37.8 Å². The third-order valence-corrected chi connectivity index (χ3v) is 5.60. The van der Waals surface area contributed by atoms with Crippen LogP contribution in [0.3, 0.4) is 0 Å². The van der Waals surface area contributed by atoms with Gasteiger partial charge in [-0.1, -0.05) is 0 Å². The minimum Gasteiger partial charge on any atom is -0.432 e. The summed E-state index contributed by atoms with van der Waals surface area (Å²) >= 11 is 0. The van der Waals surface area contributed by atoms with E-state index in [1.54, 1.807) is 39.2 Å². The molecule has 0 saturated carbocycles. The van der Waals surface area contributed by atoms with Crippen molar-refractivity contribution in [1.82, 2.24) is 19.5 Å². The van der Waals surface area contributed by atoms with Gasteiger partial charge in [-0.05, 0) is 34.6 Å². The Morgan fingerprint density at radius 3 is 2.14 bits per heavy atom. The molecule has 0 radical (unpaired) electrons. The first kappa shape index (κ1) is 30.2. The largest absolute Gasteiger partial charge is 0.510 e. The summed E-state index contributed by atoms with van der Waals surface area (Å²) in [5.41, 5.74) is 0.920. The molecule has 2 aromatic rings. The third-order valence-electron chi connectivity index (χ3n) is 4.13. The van der Waals surface area contributed by atoms with Gasteiger partial charge in [-0.15, -0.1) is 0 Å². The molecule has 208 valence electrons. The maximum absolute atomic E-state index is 13.2.